The van der Waals surface area contributed by atoms with Gasteiger partial charge in [0, 0.05) is 12.8 Å². The number of ketones is 1. The molecule has 0 saturated carbocycles. The van der Waals surface area contributed by atoms with Gasteiger partial charge < -0.3 is 10.6 Å². The van der Waals surface area contributed by atoms with E-state index in [1.165, 1.54) is 4.68 Å². The summed E-state index contributed by atoms with van der Waals surface area (Å²) in [7, 11) is 0. The van der Waals surface area contributed by atoms with Gasteiger partial charge in [0.1, 0.15) is 6.54 Å². The number of hydrogen-bond acceptors (Lipinski definition) is 6. The number of rotatable bonds is 12. The van der Waals surface area contributed by atoms with Crippen molar-refractivity contribution in [3.8, 4) is 0 Å². The van der Waals surface area contributed by atoms with Gasteiger partial charge in [0.25, 0.3) is 0 Å². The monoisotopic (exact) mass is 414 g/mol. The van der Waals surface area contributed by atoms with Crippen molar-refractivity contribution in [3.63, 3.8) is 0 Å². The molecule has 0 bridgehead atoms. The molecule has 2 amide bonds. The van der Waals surface area contributed by atoms with E-state index in [0.717, 1.165) is 5.56 Å². The number of benzene rings is 1. The van der Waals surface area contributed by atoms with Gasteiger partial charge in [0.2, 0.25) is 11.8 Å². The number of aromatic nitrogens is 4. The first-order valence-electron chi connectivity index (χ1n) is 10.3. The SMILES string of the molecule is CCc1nnnn1CC(=O)[C@H](CC(C)C)NC(=O)CNC(=O)CCc1ccccc1. The van der Waals surface area contributed by atoms with Gasteiger partial charge in [0.05, 0.1) is 12.6 Å². The maximum absolute atomic E-state index is 12.7. The Balaban J connectivity index is 1.83. The zero-order chi connectivity index (χ0) is 21.9. The van der Waals surface area contributed by atoms with Crippen LogP contribution in [-0.4, -0.2) is 50.4 Å². The first kappa shape index (κ1) is 23.2. The molecule has 0 aliphatic carbocycles. The molecular formula is C21H30N6O3. The average molecular weight is 415 g/mol. The fourth-order valence-corrected chi connectivity index (χ4v) is 3.01. The lowest BCUT2D eigenvalue weighted by molar-refractivity contribution is -0.129. The van der Waals surface area contributed by atoms with Crippen LogP contribution in [0, 0.1) is 5.92 Å². The van der Waals surface area contributed by atoms with Crippen LogP contribution in [0.4, 0.5) is 0 Å². The Morgan fingerprint density at radius 2 is 1.83 bits per heavy atom. The molecule has 162 valence electrons. The maximum Gasteiger partial charge on any atom is 0.239 e. The predicted octanol–water partition coefficient (Wildman–Crippen LogP) is 1.08. The van der Waals surface area contributed by atoms with Crippen LogP contribution in [0.3, 0.4) is 0 Å². The summed E-state index contributed by atoms with van der Waals surface area (Å²) in [5, 5.41) is 16.7. The second kappa shape index (κ2) is 11.8. The Morgan fingerprint density at radius 1 is 1.10 bits per heavy atom. The summed E-state index contributed by atoms with van der Waals surface area (Å²) in [6.45, 7) is 5.69. The second-order valence-corrected chi connectivity index (χ2v) is 7.58. The number of carbonyl (C=O) groups is 3. The molecule has 0 unspecified atom stereocenters. The summed E-state index contributed by atoms with van der Waals surface area (Å²) in [5.74, 6) is 0.0499. The maximum atomic E-state index is 12.7. The zero-order valence-electron chi connectivity index (χ0n) is 17.8. The van der Waals surface area contributed by atoms with Crippen molar-refractivity contribution in [1.82, 2.24) is 30.8 Å². The molecule has 0 aliphatic heterocycles. The molecule has 0 fully saturated rings. The van der Waals surface area contributed by atoms with Crippen molar-refractivity contribution in [2.45, 2.75) is 59.0 Å². The molecule has 9 nitrogen and oxygen atoms in total. The van der Waals surface area contributed by atoms with Gasteiger partial charge in [0.15, 0.2) is 11.6 Å². The van der Waals surface area contributed by atoms with Gasteiger partial charge in [-0.05, 0) is 34.7 Å². The van der Waals surface area contributed by atoms with Gasteiger partial charge in [-0.15, -0.1) is 5.10 Å². The summed E-state index contributed by atoms with van der Waals surface area (Å²) >= 11 is 0. The van der Waals surface area contributed by atoms with E-state index in [-0.39, 0.29) is 30.7 Å². The van der Waals surface area contributed by atoms with Crippen LogP contribution in [0.5, 0.6) is 0 Å². The highest BCUT2D eigenvalue weighted by atomic mass is 16.2. The molecule has 1 aromatic heterocycles. The number of amides is 2. The Labute approximate surface area is 176 Å². The molecule has 2 N–H and O–H groups in total. The topological polar surface area (TPSA) is 119 Å². The first-order chi connectivity index (χ1) is 14.4. The third kappa shape index (κ3) is 7.73. The highest BCUT2D eigenvalue weighted by molar-refractivity contribution is 5.91. The van der Waals surface area contributed by atoms with Crippen LogP contribution >= 0.6 is 0 Å². The predicted molar refractivity (Wildman–Crippen MR) is 111 cm³/mol. The quantitative estimate of drug-likeness (QED) is 0.537. The Bertz CT molecular complexity index is 834. The fourth-order valence-electron chi connectivity index (χ4n) is 3.01. The fraction of sp³-hybridized carbons (Fsp3) is 0.524. The molecule has 2 aromatic rings. The standard InChI is InChI=1S/C21H30N6O3/c1-4-19-24-25-26-27(19)14-18(28)17(12-15(2)3)23-21(30)13-22-20(29)11-10-16-8-6-5-7-9-16/h5-9,15,17H,4,10-14H2,1-3H3,(H,22,29)(H,23,30)/t17-/m0/s1. The van der Waals surface area contributed by atoms with Crippen LogP contribution in [0.2, 0.25) is 0 Å². The highest BCUT2D eigenvalue weighted by Crippen LogP contribution is 2.08. The van der Waals surface area contributed by atoms with Crippen molar-refractivity contribution in [1.29, 1.82) is 0 Å². The number of aryl methyl sites for hydroxylation is 2. The number of carbonyl (C=O) groups excluding carboxylic acids is 3. The third-order valence-corrected chi connectivity index (χ3v) is 4.59. The molecule has 1 atom stereocenters. The lowest BCUT2D eigenvalue weighted by atomic mass is 10.00. The van der Waals surface area contributed by atoms with Crippen LogP contribution in [0.25, 0.3) is 0 Å². The summed E-state index contributed by atoms with van der Waals surface area (Å²) in [6.07, 6.45) is 2.01. The normalized spacial score (nSPS) is 11.9. The number of tetrazole rings is 1. The Kier molecular flexibility index (Phi) is 9.11. The Morgan fingerprint density at radius 3 is 2.50 bits per heavy atom. The van der Waals surface area contributed by atoms with Gasteiger partial charge in [-0.1, -0.05) is 51.1 Å². The van der Waals surface area contributed by atoms with Crippen molar-refractivity contribution >= 4 is 17.6 Å². The van der Waals surface area contributed by atoms with Crippen molar-refractivity contribution in [2.75, 3.05) is 6.54 Å². The van der Waals surface area contributed by atoms with E-state index in [2.05, 4.69) is 26.2 Å². The van der Waals surface area contributed by atoms with Crippen LogP contribution in [0.1, 0.15) is 45.0 Å². The summed E-state index contributed by atoms with van der Waals surface area (Å²) in [6, 6.07) is 9.02. The number of hydrogen-bond donors (Lipinski definition) is 2. The summed E-state index contributed by atoms with van der Waals surface area (Å²) < 4.78 is 1.45. The summed E-state index contributed by atoms with van der Waals surface area (Å²) in [5.41, 5.74) is 1.06. The molecule has 0 aliphatic rings. The van der Waals surface area contributed by atoms with E-state index in [1.54, 1.807) is 0 Å². The van der Waals surface area contributed by atoms with Crippen LogP contribution < -0.4 is 10.6 Å². The molecule has 1 aromatic carbocycles. The van der Waals surface area contributed by atoms with E-state index in [9.17, 15) is 14.4 Å². The largest absolute Gasteiger partial charge is 0.347 e. The van der Waals surface area contributed by atoms with Crippen molar-refractivity contribution in [2.24, 2.45) is 5.92 Å². The minimum absolute atomic E-state index is 0.00270. The minimum atomic E-state index is -0.660. The molecule has 9 heteroatoms. The van der Waals surface area contributed by atoms with Crippen molar-refractivity contribution in [3.05, 3.63) is 41.7 Å². The van der Waals surface area contributed by atoms with Crippen molar-refractivity contribution < 1.29 is 14.4 Å². The van der Waals surface area contributed by atoms with E-state index in [1.807, 2.05) is 51.1 Å². The molecule has 2 rings (SSSR count). The minimum Gasteiger partial charge on any atom is -0.347 e. The number of nitrogens with one attached hydrogen (secondary N) is 2. The second-order valence-electron chi connectivity index (χ2n) is 7.58. The lowest BCUT2D eigenvalue weighted by Gasteiger charge is -2.20. The van der Waals surface area contributed by atoms with Gasteiger partial charge in [-0.2, -0.15) is 0 Å². The third-order valence-electron chi connectivity index (χ3n) is 4.59. The van der Waals surface area contributed by atoms with Crippen LogP contribution in [0.15, 0.2) is 30.3 Å². The van der Waals surface area contributed by atoms with E-state index >= 15 is 0 Å². The smallest absolute Gasteiger partial charge is 0.239 e. The molecule has 0 spiro atoms. The molecule has 1 heterocycles. The molecule has 0 saturated heterocycles. The average Bonchev–Trinajstić information content (AvgIpc) is 3.17. The van der Waals surface area contributed by atoms with E-state index in [4.69, 9.17) is 0 Å². The van der Waals surface area contributed by atoms with Crippen LogP contribution in [-0.2, 0) is 33.8 Å². The van der Waals surface area contributed by atoms with Gasteiger partial charge in [-0.3, -0.25) is 14.4 Å². The zero-order valence-corrected chi connectivity index (χ0v) is 17.8. The molecular weight excluding hydrogens is 384 g/mol. The van der Waals surface area contributed by atoms with Gasteiger partial charge in [-0.25, -0.2) is 4.68 Å². The Hall–Kier alpha value is -3.10. The van der Waals surface area contributed by atoms with Gasteiger partial charge >= 0.3 is 0 Å². The molecule has 30 heavy (non-hydrogen) atoms. The lowest BCUT2D eigenvalue weighted by Crippen LogP contribution is -2.47. The first-order valence-corrected chi connectivity index (χ1v) is 10.3. The van der Waals surface area contributed by atoms with E-state index in [0.29, 0.717) is 31.5 Å². The highest BCUT2D eigenvalue weighted by Gasteiger charge is 2.23. The summed E-state index contributed by atoms with van der Waals surface area (Å²) in [4.78, 5) is 37.1. The molecule has 0 radical (unpaired) electrons. The van der Waals surface area contributed by atoms with E-state index < -0.39 is 11.9 Å². The number of Topliss-reactive ketones (excluding diaryl/α,β-unsaturated/α-hetero) is 1. The number of nitrogens with zero attached hydrogens (tertiary/aromatic N) is 4.